The number of aromatic nitrogens is 5. The Bertz CT molecular complexity index is 4340. The van der Waals surface area contributed by atoms with Crippen LogP contribution < -0.4 is 0 Å². The molecule has 0 saturated carbocycles. The lowest BCUT2D eigenvalue weighted by Gasteiger charge is -2.17. The summed E-state index contributed by atoms with van der Waals surface area (Å²) in [6.45, 7) is 0. The average molecular weight is 892 g/mol. The molecule has 0 unspecified atom stereocenters. The van der Waals surface area contributed by atoms with E-state index in [0.29, 0.717) is 17.5 Å². The molecule has 70 heavy (non-hydrogen) atoms. The topological polar surface area (TPSA) is 48.5 Å². The highest BCUT2D eigenvalue weighted by Crippen LogP contribution is 2.43. The van der Waals surface area contributed by atoms with Gasteiger partial charge in [-0.1, -0.05) is 182 Å². The van der Waals surface area contributed by atoms with Crippen LogP contribution >= 0.6 is 0 Å². The van der Waals surface area contributed by atoms with Crippen molar-refractivity contribution >= 4 is 65.2 Å². The predicted molar refractivity (Wildman–Crippen MR) is 291 cm³/mol. The largest absolute Gasteiger partial charge is 0.309 e. The summed E-state index contributed by atoms with van der Waals surface area (Å²) in [7, 11) is 0. The first-order chi connectivity index (χ1) is 34.7. The summed E-state index contributed by atoms with van der Waals surface area (Å²) in [6.07, 6.45) is 0. The molecule has 0 radical (unpaired) electrons. The summed E-state index contributed by atoms with van der Waals surface area (Å²) < 4.78 is 4.81. The van der Waals surface area contributed by atoms with Gasteiger partial charge in [-0.25, -0.2) is 15.0 Å². The molecule has 0 atom stereocenters. The molecular weight excluding hydrogens is 851 g/mol. The number of fused-ring (bicyclic) bond motifs is 9. The van der Waals surface area contributed by atoms with Crippen molar-refractivity contribution in [3.63, 3.8) is 0 Å². The first-order valence-corrected chi connectivity index (χ1v) is 23.8. The van der Waals surface area contributed by atoms with Crippen LogP contribution in [0.25, 0.3) is 133 Å². The van der Waals surface area contributed by atoms with Crippen molar-refractivity contribution in [1.29, 1.82) is 0 Å². The summed E-state index contributed by atoms with van der Waals surface area (Å²) in [5.74, 6) is 1.81. The van der Waals surface area contributed by atoms with Gasteiger partial charge in [0.15, 0.2) is 17.5 Å². The fourth-order valence-electron chi connectivity index (χ4n) is 10.7. The third kappa shape index (κ3) is 6.44. The molecule has 326 valence electrons. The molecule has 0 amide bonds. The van der Waals surface area contributed by atoms with Gasteiger partial charge in [0.05, 0.1) is 27.8 Å². The van der Waals surface area contributed by atoms with Crippen molar-refractivity contribution in [2.45, 2.75) is 0 Å². The van der Waals surface area contributed by atoms with Crippen LogP contribution in [0.2, 0.25) is 0 Å². The van der Waals surface area contributed by atoms with E-state index in [4.69, 9.17) is 15.0 Å². The summed E-state index contributed by atoms with van der Waals surface area (Å²) in [5, 5.41) is 9.62. The van der Waals surface area contributed by atoms with E-state index in [1.54, 1.807) is 0 Å². The summed E-state index contributed by atoms with van der Waals surface area (Å²) >= 11 is 0. The number of hydrogen-bond donors (Lipinski definition) is 0. The normalized spacial score (nSPS) is 11.7. The van der Waals surface area contributed by atoms with Crippen LogP contribution in [0.15, 0.2) is 249 Å². The fraction of sp³-hybridized carbons (Fsp3) is 0. The Morgan fingerprint density at radius 2 is 0.871 bits per heavy atom. The predicted octanol–water partition coefficient (Wildman–Crippen LogP) is 16.7. The minimum absolute atomic E-state index is 0.592. The molecule has 14 aromatic rings. The molecule has 5 heteroatoms. The molecule has 0 aliphatic heterocycles. The molecule has 0 spiro atoms. The van der Waals surface area contributed by atoms with E-state index in [0.717, 1.165) is 77.8 Å². The van der Waals surface area contributed by atoms with Crippen LogP contribution in [0, 0.1) is 0 Å². The Morgan fingerprint density at radius 3 is 1.67 bits per heavy atom. The zero-order valence-corrected chi connectivity index (χ0v) is 37.9. The third-order valence-electron chi connectivity index (χ3n) is 13.9. The van der Waals surface area contributed by atoms with Gasteiger partial charge < -0.3 is 9.13 Å². The lowest BCUT2D eigenvalue weighted by Crippen LogP contribution is -2.03. The van der Waals surface area contributed by atoms with Crippen molar-refractivity contribution in [2.75, 3.05) is 0 Å². The number of benzene rings is 11. The van der Waals surface area contributed by atoms with E-state index in [-0.39, 0.29) is 0 Å². The van der Waals surface area contributed by atoms with E-state index in [9.17, 15) is 0 Å². The van der Waals surface area contributed by atoms with Crippen LogP contribution in [-0.2, 0) is 0 Å². The smallest absolute Gasteiger partial charge is 0.166 e. The van der Waals surface area contributed by atoms with Gasteiger partial charge >= 0.3 is 0 Å². The van der Waals surface area contributed by atoms with Crippen LogP contribution in [0.3, 0.4) is 0 Å². The van der Waals surface area contributed by atoms with Gasteiger partial charge in [0, 0.05) is 49.5 Å². The summed E-state index contributed by atoms with van der Waals surface area (Å²) in [4.78, 5) is 16.1. The molecule has 11 aromatic carbocycles. The molecule has 14 rings (SSSR count). The average Bonchev–Trinajstić information content (AvgIpc) is 3.95. The van der Waals surface area contributed by atoms with Crippen LogP contribution in [0.5, 0.6) is 0 Å². The summed E-state index contributed by atoms with van der Waals surface area (Å²) in [6, 6.07) is 88.9. The highest BCUT2D eigenvalue weighted by molar-refractivity contribution is 6.23. The molecule has 5 nitrogen and oxygen atoms in total. The minimum Gasteiger partial charge on any atom is -0.309 e. The monoisotopic (exact) mass is 891 g/mol. The van der Waals surface area contributed by atoms with E-state index in [2.05, 4.69) is 240 Å². The zero-order chi connectivity index (χ0) is 46.1. The number of hydrogen-bond acceptors (Lipinski definition) is 3. The maximum absolute atomic E-state index is 5.47. The highest BCUT2D eigenvalue weighted by Gasteiger charge is 2.23. The second-order valence-corrected chi connectivity index (χ2v) is 18.0. The Kier molecular flexibility index (Phi) is 9.14. The molecule has 0 N–H and O–H groups in total. The second kappa shape index (κ2) is 16.1. The molecule has 3 heterocycles. The molecule has 0 aliphatic carbocycles. The van der Waals surface area contributed by atoms with Crippen molar-refractivity contribution < 1.29 is 0 Å². The molecular formula is C65H41N5. The Hall–Kier alpha value is -9.45. The molecule has 0 bridgehead atoms. The van der Waals surface area contributed by atoms with Crippen LogP contribution in [0.4, 0.5) is 0 Å². The Balaban J connectivity index is 1.05. The van der Waals surface area contributed by atoms with Crippen molar-refractivity contribution in [1.82, 2.24) is 24.1 Å². The van der Waals surface area contributed by atoms with Crippen molar-refractivity contribution in [3.05, 3.63) is 249 Å². The maximum atomic E-state index is 5.47. The lowest BCUT2D eigenvalue weighted by molar-refractivity contribution is 1.07. The van der Waals surface area contributed by atoms with Crippen LogP contribution in [-0.4, -0.2) is 24.1 Å². The van der Waals surface area contributed by atoms with Gasteiger partial charge in [0.1, 0.15) is 0 Å². The lowest BCUT2D eigenvalue weighted by atomic mass is 9.96. The van der Waals surface area contributed by atoms with Crippen molar-refractivity contribution in [2.24, 2.45) is 0 Å². The first-order valence-electron chi connectivity index (χ1n) is 23.8. The first kappa shape index (κ1) is 39.7. The van der Waals surface area contributed by atoms with Gasteiger partial charge in [-0.05, 0) is 105 Å². The molecule has 0 saturated heterocycles. The highest BCUT2D eigenvalue weighted by atomic mass is 15.1. The zero-order valence-electron chi connectivity index (χ0n) is 37.9. The molecule has 0 aliphatic rings. The molecule has 3 aromatic heterocycles. The fourth-order valence-corrected chi connectivity index (χ4v) is 10.7. The van der Waals surface area contributed by atoms with E-state index in [1.165, 1.54) is 37.7 Å². The number of rotatable bonds is 7. The minimum atomic E-state index is 0.592. The van der Waals surface area contributed by atoms with Crippen LogP contribution in [0.1, 0.15) is 0 Å². The van der Waals surface area contributed by atoms with Gasteiger partial charge in [-0.3, -0.25) is 0 Å². The quantitative estimate of drug-likeness (QED) is 0.160. The van der Waals surface area contributed by atoms with E-state index < -0.39 is 0 Å². The third-order valence-corrected chi connectivity index (χ3v) is 13.9. The van der Waals surface area contributed by atoms with Gasteiger partial charge in [0.25, 0.3) is 0 Å². The van der Waals surface area contributed by atoms with Gasteiger partial charge in [-0.15, -0.1) is 0 Å². The molecule has 0 fully saturated rings. The number of para-hydroxylation sites is 3. The second-order valence-electron chi connectivity index (χ2n) is 18.0. The van der Waals surface area contributed by atoms with E-state index in [1.807, 2.05) is 18.2 Å². The maximum Gasteiger partial charge on any atom is 0.166 e. The standard InChI is InChI=1S/C65H41N5/c1-4-18-42(19-5-1)45-25-16-26-48(38-45)55-40-49(35-36-58(55)70-59-37-34-43-20-12-13-29-51(43)61(59)56-39-46-23-10-11-24-47(46)41-60(56)70)64-66-63(44-21-6-2-7-22-44)67-65(68-64)54-32-17-31-53-52-30-14-15-33-57(52)69(62(53)54)50-27-8-3-9-28-50/h1-41H. The SMILES string of the molecule is c1ccc(-c2cccc(-c3cc(-c4nc(-c5ccccc5)nc(-c5cccc6c7ccccc7n(-c7ccccc7)c56)n4)ccc3-n3c4cc5ccccc5cc4c4c5ccccc5ccc43)c2)cc1. The number of nitrogens with zero attached hydrogens (tertiary/aromatic N) is 5. The van der Waals surface area contributed by atoms with Gasteiger partial charge in [-0.2, -0.15) is 0 Å². The Morgan fingerprint density at radius 1 is 0.271 bits per heavy atom. The van der Waals surface area contributed by atoms with Crippen molar-refractivity contribution in [3.8, 4) is 67.8 Å². The van der Waals surface area contributed by atoms with E-state index >= 15 is 0 Å². The summed E-state index contributed by atoms with van der Waals surface area (Å²) in [5.41, 5.74) is 13.8. The van der Waals surface area contributed by atoms with Gasteiger partial charge in [0.2, 0.25) is 0 Å². The Labute approximate surface area is 403 Å².